The fraction of sp³-hybridized carbons (Fsp3) is 0.154. The molecule has 13 aromatic rings. The molecule has 0 spiro atoms. The van der Waals surface area contributed by atoms with Crippen molar-refractivity contribution in [2.75, 3.05) is 4.90 Å². The van der Waals surface area contributed by atoms with Crippen molar-refractivity contribution in [2.24, 2.45) is 0 Å². The van der Waals surface area contributed by atoms with Crippen LogP contribution in [0.1, 0.15) is 99.9 Å². The van der Waals surface area contributed by atoms with Gasteiger partial charge in [-0.3, -0.25) is 0 Å². The molecule has 11 aromatic carbocycles. The van der Waals surface area contributed by atoms with E-state index in [0.29, 0.717) is 0 Å². The highest BCUT2D eigenvalue weighted by atomic mass is 16.3. The van der Waals surface area contributed by atoms with Gasteiger partial charge in [0.15, 0.2) is 0 Å². The van der Waals surface area contributed by atoms with Crippen LogP contribution in [0.15, 0.2) is 221 Å². The second-order valence-corrected chi connectivity index (χ2v) is 25.5. The summed E-state index contributed by atoms with van der Waals surface area (Å²) in [6.07, 6.45) is 0. The van der Waals surface area contributed by atoms with Crippen LogP contribution in [-0.2, 0) is 21.7 Å². The lowest BCUT2D eigenvalue weighted by molar-refractivity contribution is 0.600. The van der Waals surface area contributed by atoms with E-state index in [1.54, 1.807) is 0 Å². The Morgan fingerprint density at radius 1 is 0.284 bits per heavy atom. The Kier molecular flexibility index (Phi) is 9.11. The van der Waals surface area contributed by atoms with E-state index in [4.69, 9.17) is 8.83 Å². The number of benzene rings is 11. The van der Waals surface area contributed by atoms with Crippen molar-refractivity contribution in [2.45, 2.75) is 77.0 Å². The highest BCUT2D eigenvalue weighted by molar-refractivity contribution is 6.21. The third-order valence-electron chi connectivity index (χ3n) is 19.8. The first-order chi connectivity index (χ1) is 39.2. The lowest BCUT2D eigenvalue weighted by atomic mass is 9.72. The molecule has 0 saturated heterocycles. The lowest BCUT2D eigenvalue weighted by Gasteiger charge is -2.32. The zero-order valence-electron chi connectivity index (χ0n) is 47.0. The van der Waals surface area contributed by atoms with Gasteiger partial charge in [-0.2, -0.15) is 0 Å². The highest BCUT2D eigenvalue weighted by Gasteiger charge is 2.49. The van der Waals surface area contributed by atoms with Crippen LogP contribution in [0.5, 0.6) is 0 Å². The normalized spacial score (nSPS) is 15.8. The molecule has 2 aromatic heterocycles. The van der Waals surface area contributed by atoms with Gasteiger partial charge in [0, 0.05) is 71.4 Å². The molecule has 17 rings (SSSR count). The Bertz CT molecular complexity index is 4920. The molecular formula is C78H59NO2. The SMILES string of the molecule is CC1(C)c2ccccc2-c2ccc(N(c3ccc4c(c3)C(C)(C)c3cc(-c5ccc(-c6ccccc6)cc5)c5oc6ccccc6c5c3-4)c3ccc4c(c3)C(C)(C)c3c5c(c6c(oc7ccccc76)c3-4)-c3ccccc3C5(C)C)cc21. The Labute approximate surface area is 472 Å². The smallest absolute Gasteiger partial charge is 0.144 e. The number of hydrogen-bond acceptors (Lipinski definition) is 3. The minimum absolute atomic E-state index is 0.183. The Morgan fingerprint density at radius 3 is 1.36 bits per heavy atom. The van der Waals surface area contributed by atoms with E-state index in [1.807, 2.05) is 0 Å². The van der Waals surface area contributed by atoms with Gasteiger partial charge in [-0.15, -0.1) is 0 Å². The number of rotatable bonds is 5. The lowest BCUT2D eigenvalue weighted by Crippen LogP contribution is -2.24. The molecule has 0 saturated carbocycles. The summed E-state index contributed by atoms with van der Waals surface area (Å²) in [5.41, 5.74) is 31.7. The largest absolute Gasteiger partial charge is 0.455 e. The van der Waals surface area contributed by atoms with Gasteiger partial charge in [0.1, 0.15) is 22.3 Å². The van der Waals surface area contributed by atoms with Gasteiger partial charge in [-0.25, -0.2) is 0 Å². The Balaban J connectivity index is 0.876. The predicted octanol–water partition coefficient (Wildman–Crippen LogP) is 21.5. The summed E-state index contributed by atoms with van der Waals surface area (Å²) in [6, 6.07) is 79.2. The van der Waals surface area contributed by atoms with Gasteiger partial charge in [0.05, 0.1) is 0 Å². The van der Waals surface area contributed by atoms with Crippen molar-refractivity contribution < 1.29 is 8.83 Å². The van der Waals surface area contributed by atoms with Gasteiger partial charge in [0.25, 0.3) is 0 Å². The molecule has 0 bridgehead atoms. The minimum Gasteiger partial charge on any atom is -0.455 e. The first-order valence-electron chi connectivity index (χ1n) is 28.8. The van der Waals surface area contributed by atoms with Crippen LogP contribution in [0, 0.1) is 0 Å². The molecule has 81 heavy (non-hydrogen) atoms. The monoisotopic (exact) mass is 1040 g/mol. The summed E-state index contributed by atoms with van der Waals surface area (Å²) in [6.45, 7) is 19.4. The molecule has 3 heteroatoms. The summed E-state index contributed by atoms with van der Waals surface area (Å²) < 4.78 is 14.1. The Morgan fingerprint density at radius 2 is 0.704 bits per heavy atom. The number of fused-ring (bicyclic) bond motifs is 22. The van der Waals surface area contributed by atoms with Crippen molar-refractivity contribution in [3.05, 3.63) is 257 Å². The number of nitrogens with zero attached hydrogens (tertiary/aromatic N) is 1. The van der Waals surface area contributed by atoms with Crippen molar-refractivity contribution in [3.63, 3.8) is 0 Å². The third kappa shape index (κ3) is 6.03. The van der Waals surface area contributed by atoms with E-state index < -0.39 is 0 Å². The first kappa shape index (κ1) is 46.7. The molecule has 4 aliphatic carbocycles. The molecule has 0 amide bonds. The van der Waals surface area contributed by atoms with E-state index in [-0.39, 0.29) is 21.7 Å². The summed E-state index contributed by atoms with van der Waals surface area (Å²) in [4.78, 5) is 2.54. The molecular weight excluding hydrogens is 983 g/mol. The number of para-hydroxylation sites is 2. The maximum Gasteiger partial charge on any atom is 0.144 e. The van der Waals surface area contributed by atoms with Crippen molar-refractivity contribution >= 4 is 60.9 Å². The van der Waals surface area contributed by atoms with E-state index >= 15 is 0 Å². The van der Waals surface area contributed by atoms with Crippen molar-refractivity contribution in [1.29, 1.82) is 0 Å². The zero-order chi connectivity index (χ0) is 54.6. The van der Waals surface area contributed by atoms with Crippen molar-refractivity contribution in [3.8, 4) is 66.8 Å². The molecule has 0 N–H and O–H groups in total. The molecule has 4 aliphatic rings. The highest BCUT2D eigenvalue weighted by Crippen LogP contribution is 2.64. The first-order valence-corrected chi connectivity index (χ1v) is 28.8. The Hall–Kier alpha value is -9.18. The second kappa shape index (κ2) is 15.8. The molecule has 2 heterocycles. The van der Waals surface area contributed by atoms with Crippen LogP contribution in [0.2, 0.25) is 0 Å². The quantitative estimate of drug-likeness (QED) is 0.172. The van der Waals surface area contributed by atoms with Crippen LogP contribution < -0.4 is 4.90 Å². The van der Waals surface area contributed by atoms with Crippen LogP contribution in [0.4, 0.5) is 17.1 Å². The van der Waals surface area contributed by atoms with Crippen molar-refractivity contribution in [1.82, 2.24) is 0 Å². The number of furan rings is 2. The maximum absolute atomic E-state index is 7.13. The minimum atomic E-state index is -0.371. The molecule has 0 fully saturated rings. The number of anilines is 3. The van der Waals surface area contributed by atoms with Crippen LogP contribution in [-0.4, -0.2) is 0 Å². The van der Waals surface area contributed by atoms with E-state index in [1.165, 1.54) is 116 Å². The zero-order valence-corrected chi connectivity index (χ0v) is 47.0. The third-order valence-corrected chi connectivity index (χ3v) is 19.8. The van der Waals surface area contributed by atoms with Gasteiger partial charge >= 0.3 is 0 Å². The second-order valence-electron chi connectivity index (χ2n) is 25.5. The predicted molar refractivity (Wildman–Crippen MR) is 337 cm³/mol. The standard InChI is InChI=1S/C78H59NO2/c1-75(2)58-26-16-12-22-50(58)51-37-34-47(40-60(51)75)79(49-36-39-54-62(42-49)78(7,8)72-70(54)74-69(56-25-15-19-29-65(56)81-74)67-52-23-13-17-27-59(52)77(5,6)71(67)72)48-35-38-53-61(41-48)76(3,4)63-43-57(46-32-30-45(31-33-46)44-20-10-9-11-21-44)73-68(66(53)63)55-24-14-18-28-64(55)80-73/h9-43H,1-8H3. The summed E-state index contributed by atoms with van der Waals surface area (Å²) >= 11 is 0. The topological polar surface area (TPSA) is 29.5 Å². The fourth-order valence-electron chi connectivity index (χ4n) is 15.8. The summed E-state index contributed by atoms with van der Waals surface area (Å²) in [5, 5.41) is 4.72. The molecule has 0 radical (unpaired) electrons. The molecule has 388 valence electrons. The molecule has 0 unspecified atom stereocenters. The van der Waals surface area contributed by atoms with E-state index in [9.17, 15) is 0 Å². The van der Waals surface area contributed by atoms with Crippen LogP contribution in [0.3, 0.4) is 0 Å². The average molecular weight is 1040 g/mol. The average Bonchev–Trinajstić information content (AvgIpc) is 2.09. The summed E-state index contributed by atoms with van der Waals surface area (Å²) in [5.74, 6) is 0. The van der Waals surface area contributed by atoms with Crippen LogP contribution >= 0.6 is 0 Å². The van der Waals surface area contributed by atoms with Crippen LogP contribution in [0.25, 0.3) is 111 Å². The summed E-state index contributed by atoms with van der Waals surface area (Å²) in [7, 11) is 0. The van der Waals surface area contributed by atoms with Gasteiger partial charge < -0.3 is 13.7 Å². The molecule has 0 aliphatic heterocycles. The van der Waals surface area contributed by atoms with Gasteiger partial charge in [0.2, 0.25) is 0 Å². The molecule has 0 atom stereocenters. The van der Waals surface area contributed by atoms with E-state index in [2.05, 4.69) is 273 Å². The van der Waals surface area contributed by atoms with Gasteiger partial charge in [-0.05, 0) is 155 Å². The number of hydrogen-bond donors (Lipinski definition) is 0. The molecule has 3 nitrogen and oxygen atoms in total. The fourth-order valence-corrected chi connectivity index (χ4v) is 15.8. The van der Waals surface area contributed by atoms with E-state index in [0.717, 1.165) is 55.9 Å². The van der Waals surface area contributed by atoms with Gasteiger partial charge in [-0.1, -0.05) is 213 Å². The maximum atomic E-state index is 7.13.